The van der Waals surface area contributed by atoms with Crippen molar-refractivity contribution in [2.24, 2.45) is 5.92 Å². The molecule has 5 rings (SSSR count). The van der Waals surface area contributed by atoms with Gasteiger partial charge in [-0.15, -0.1) is 0 Å². The zero-order valence-corrected chi connectivity index (χ0v) is 21.4. The van der Waals surface area contributed by atoms with Crippen LogP contribution in [0.4, 0.5) is 0 Å². The lowest BCUT2D eigenvalue weighted by molar-refractivity contribution is -0.126. The molecule has 0 saturated carbocycles. The molecule has 1 fully saturated rings. The van der Waals surface area contributed by atoms with Gasteiger partial charge < -0.3 is 23.8 Å². The van der Waals surface area contributed by atoms with Crippen molar-refractivity contribution in [3.05, 3.63) is 83.4 Å². The van der Waals surface area contributed by atoms with E-state index in [4.69, 9.17) is 18.9 Å². The number of hydrogen-bond acceptors (Lipinski definition) is 5. The summed E-state index contributed by atoms with van der Waals surface area (Å²) in [5, 5.41) is 0. The lowest BCUT2D eigenvalue weighted by Gasteiger charge is -2.20. The minimum atomic E-state index is -0.0564. The molecule has 0 spiro atoms. The maximum Gasteiger partial charge on any atom is 0.246 e. The first kappa shape index (κ1) is 24.9. The van der Waals surface area contributed by atoms with E-state index in [1.807, 2.05) is 47.4 Å². The second-order valence-corrected chi connectivity index (χ2v) is 9.53. The second kappa shape index (κ2) is 11.5. The number of rotatable bonds is 7. The molecule has 0 bridgehead atoms. The molecule has 3 aromatic carbocycles. The molecule has 37 heavy (non-hydrogen) atoms. The SMILES string of the molecule is COc1ccc(C=CC(=O)N2CCOc3c(cc(-c4ccccc4C)cc3OCC3CCOC3)C2)cc1. The smallest absolute Gasteiger partial charge is 0.246 e. The van der Waals surface area contributed by atoms with Crippen molar-refractivity contribution < 1.29 is 23.7 Å². The molecule has 1 unspecified atom stereocenters. The van der Waals surface area contributed by atoms with Gasteiger partial charge in [-0.1, -0.05) is 36.4 Å². The topological polar surface area (TPSA) is 57.2 Å². The van der Waals surface area contributed by atoms with Crippen molar-refractivity contribution >= 4 is 12.0 Å². The van der Waals surface area contributed by atoms with E-state index in [1.54, 1.807) is 13.2 Å². The van der Waals surface area contributed by atoms with Crippen molar-refractivity contribution in [3.8, 4) is 28.4 Å². The lowest BCUT2D eigenvalue weighted by Crippen LogP contribution is -2.30. The summed E-state index contributed by atoms with van der Waals surface area (Å²) in [4.78, 5) is 15.0. The number of amides is 1. The van der Waals surface area contributed by atoms with Crippen LogP contribution in [0, 0.1) is 12.8 Å². The van der Waals surface area contributed by atoms with Crippen LogP contribution in [0.2, 0.25) is 0 Å². The number of fused-ring (bicyclic) bond motifs is 1. The lowest BCUT2D eigenvalue weighted by atomic mass is 9.97. The number of ether oxygens (including phenoxy) is 4. The molecule has 1 saturated heterocycles. The van der Waals surface area contributed by atoms with E-state index < -0.39 is 0 Å². The second-order valence-electron chi connectivity index (χ2n) is 9.53. The van der Waals surface area contributed by atoms with Gasteiger partial charge in [0.15, 0.2) is 11.5 Å². The van der Waals surface area contributed by atoms with Crippen molar-refractivity contribution in [2.45, 2.75) is 19.9 Å². The summed E-state index contributed by atoms with van der Waals surface area (Å²) in [5.74, 6) is 2.56. The van der Waals surface area contributed by atoms with E-state index in [9.17, 15) is 4.79 Å². The van der Waals surface area contributed by atoms with Gasteiger partial charge in [0.1, 0.15) is 12.4 Å². The summed E-state index contributed by atoms with van der Waals surface area (Å²) < 4.78 is 23.3. The number of methoxy groups -OCH3 is 1. The highest BCUT2D eigenvalue weighted by Crippen LogP contribution is 2.39. The molecule has 1 atom stereocenters. The predicted molar refractivity (Wildman–Crippen MR) is 144 cm³/mol. The molecule has 6 heteroatoms. The molecule has 2 heterocycles. The van der Waals surface area contributed by atoms with Crippen LogP contribution in [0.1, 0.15) is 23.1 Å². The third kappa shape index (κ3) is 5.97. The van der Waals surface area contributed by atoms with Crippen molar-refractivity contribution in [1.82, 2.24) is 4.90 Å². The first-order valence-corrected chi connectivity index (χ1v) is 12.8. The molecule has 0 radical (unpaired) electrons. The number of hydrogen-bond donors (Lipinski definition) is 0. The molecule has 1 amide bonds. The maximum atomic E-state index is 13.2. The van der Waals surface area contributed by atoms with Gasteiger partial charge in [-0.05, 0) is 65.9 Å². The Morgan fingerprint density at radius 2 is 1.95 bits per heavy atom. The standard InChI is InChI=1S/C31H33NO5/c1-22-5-3-4-6-28(22)25-17-26-19-32(30(33)12-9-23-7-10-27(34-2)11-8-23)14-16-36-31(26)29(18-25)37-21-24-13-15-35-20-24/h3-12,17-18,24H,13-16,19-21H2,1-2H3. The van der Waals surface area contributed by atoms with Crippen LogP contribution in [-0.2, 0) is 16.1 Å². The quantitative estimate of drug-likeness (QED) is 0.401. The highest BCUT2D eigenvalue weighted by atomic mass is 16.5. The zero-order chi connectivity index (χ0) is 25.6. The fourth-order valence-electron chi connectivity index (χ4n) is 4.74. The average Bonchev–Trinajstić information content (AvgIpc) is 3.35. The van der Waals surface area contributed by atoms with Crippen LogP contribution in [0.25, 0.3) is 17.2 Å². The Balaban J connectivity index is 1.41. The molecular formula is C31H33NO5. The van der Waals surface area contributed by atoms with Crippen molar-refractivity contribution in [3.63, 3.8) is 0 Å². The highest BCUT2D eigenvalue weighted by molar-refractivity contribution is 5.92. The Morgan fingerprint density at radius 3 is 2.70 bits per heavy atom. The average molecular weight is 500 g/mol. The van der Waals surface area contributed by atoms with E-state index in [-0.39, 0.29) is 5.91 Å². The van der Waals surface area contributed by atoms with Crippen LogP contribution in [0.5, 0.6) is 17.2 Å². The van der Waals surface area contributed by atoms with Crippen LogP contribution in [-0.4, -0.2) is 50.9 Å². The molecule has 0 aromatic heterocycles. The van der Waals surface area contributed by atoms with Crippen LogP contribution in [0.3, 0.4) is 0 Å². The molecule has 6 nitrogen and oxygen atoms in total. The highest BCUT2D eigenvalue weighted by Gasteiger charge is 2.24. The molecule has 2 aliphatic heterocycles. The Bertz CT molecular complexity index is 1260. The van der Waals surface area contributed by atoms with Gasteiger partial charge in [0, 0.05) is 30.7 Å². The van der Waals surface area contributed by atoms with Gasteiger partial charge in [0.05, 0.1) is 26.9 Å². The van der Waals surface area contributed by atoms with E-state index in [0.717, 1.165) is 59.1 Å². The van der Waals surface area contributed by atoms with E-state index in [1.165, 1.54) is 5.56 Å². The van der Waals surface area contributed by atoms with Crippen LogP contribution >= 0.6 is 0 Å². The summed E-state index contributed by atoms with van der Waals surface area (Å²) in [6, 6.07) is 20.1. The molecule has 192 valence electrons. The summed E-state index contributed by atoms with van der Waals surface area (Å²) in [7, 11) is 1.64. The fraction of sp³-hybridized carbons (Fsp3) is 0.323. The monoisotopic (exact) mass is 499 g/mol. The van der Waals surface area contributed by atoms with Gasteiger partial charge >= 0.3 is 0 Å². The molecule has 2 aliphatic rings. The summed E-state index contributed by atoms with van der Waals surface area (Å²) in [6.07, 6.45) is 4.45. The minimum Gasteiger partial charge on any atom is -0.497 e. The Kier molecular flexibility index (Phi) is 7.76. The number of aryl methyl sites for hydroxylation is 1. The number of carbonyl (C=O) groups excluding carboxylic acids is 1. The van der Waals surface area contributed by atoms with Gasteiger partial charge in [0.25, 0.3) is 0 Å². The predicted octanol–water partition coefficient (Wildman–Crippen LogP) is 5.52. The molecule has 3 aromatic rings. The normalized spacial score (nSPS) is 17.2. The number of carbonyl (C=O) groups is 1. The maximum absolute atomic E-state index is 13.2. The van der Waals surface area contributed by atoms with Gasteiger partial charge in [-0.3, -0.25) is 4.79 Å². The molecule has 0 N–H and O–H groups in total. The van der Waals surface area contributed by atoms with E-state index >= 15 is 0 Å². The van der Waals surface area contributed by atoms with Crippen molar-refractivity contribution in [2.75, 3.05) is 40.1 Å². The Morgan fingerprint density at radius 1 is 1.11 bits per heavy atom. The Hall–Kier alpha value is -3.77. The van der Waals surface area contributed by atoms with E-state index in [0.29, 0.717) is 32.2 Å². The zero-order valence-electron chi connectivity index (χ0n) is 21.4. The first-order chi connectivity index (χ1) is 18.1. The Labute approximate surface area is 218 Å². The summed E-state index contributed by atoms with van der Waals surface area (Å²) in [5.41, 5.74) is 5.26. The van der Waals surface area contributed by atoms with Crippen molar-refractivity contribution in [1.29, 1.82) is 0 Å². The van der Waals surface area contributed by atoms with Gasteiger partial charge in [0.2, 0.25) is 5.91 Å². The fourth-order valence-corrected chi connectivity index (χ4v) is 4.74. The van der Waals surface area contributed by atoms with Crippen LogP contribution < -0.4 is 14.2 Å². The number of benzene rings is 3. The van der Waals surface area contributed by atoms with Gasteiger partial charge in [-0.2, -0.15) is 0 Å². The van der Waals surface area contributed by atoms with Gasteiger partial charge in [-0.25, -0.2) is 0 Å². The molecule has 0 aliphatic carbocycles. The molecular weight excluding hydrogens is 466 g/mol. The first-order valence-electron chi connectivity index (χ1n) is 12.8. The van der Waals surface area contributed by atoms with E-state index in [2.05, 4.69) is 31.2 Å². The minimum absolute atomic E-state index is 0.0564. The summed E-state index contributed by atoms with van der Waals surface area (Å²) in [6.45, 7) is 5.55. The third-order valence-electron chi connectivity index (χ3n) is 6.90. The van der Waals surface area contributed by atoms with Crippen LogP contribution in [0.15, 0.2) is 66.7 Å². The number of nitrogens with zero attached hydrogens (tertiary/aromatic N) is 1. The largest absolute Gasteiger partial charge is 0.497 e. The summed E-state index contributed by atoms with van der Waals surface area (Å²) >= 11 is 0. The third-order valence-corrected chi connectivity index (χ3v) is 6.90.